The molecule has 6 nitrogen and oxygen atoms in total. The Morgan fingerprint density at radius 3 is 2.76 bits per heavy atom. The Morgan fingerprint density at radius 2 is 2.14 bits per heavy atom. The molecule has 21 heavy (non-hydrogen) atoms. The molecule has 1 aromatic carbocycles. The summed E-state index contributed by atoms with van der Waals surface area (Å²) in [6, 6.07) is 6.16. The molecule has 2 aromatic rings. The van der Waals surface area contributed by atoms with Crippen LogP contribution in [0, 0.1) is 6.92 Å². The number of rotatable bonds is 5. The van der Waals surface area contributed by atoms with Crippen LogP contribution in [0.3, 0.4) is 0 Å². The summed E-state index contributed by atoms with van der Waals surface area (Å²) in [5.41, 5.74) is 0.456. The van der Waals surface area contributed by atoms with Crippen molar-refractivity contribution in [1.29, 1.82) is 0 Å². The minimum Gasteiger partial charge on any atom is -0.325 e. The number of carbonyl (C=O) groups is 1. The minimum atomic E-state index is -3.29. The molecular weight excluding hydrogens is 330 g/mol. The van der Waals surface area contributed by atoms with Crippen molar-refractivity contribution in [2.45, 2.75) is 16.2 Å². The van der Waals surface area contributed by atoms with Gasteiger partial charge in [-0.15, -0.1) is 10.2 Å². The van der Waals surface area contributed by atoms with Gasteiger partial charge in [0, 0.05) is 11.9 Å². The predicted molar refractivity (Wildman–Crippen MR) is 83.6 cm³/mol. The van der Waals surface area contributed by atoms with E-state index in [0.29, 0.717) is 5.69 Å². The van der Waals surface area contributed by atoms with E-state index in [1.165, 1.54) is 35.2 Å². The number of sulfone groups is 1. The number of hydrogen-bond acceptors (Lipinski definition) is 7. The summed E-state index contributed by atoms with van der Waals surface area (Å²) in [5.74, 6) is -0.0314. The number of nitrogens with zero attached hydrogens (tertiary/aromatic N) is 2. The zero-order valence-corrected chi connectivity index (χ0v) is 13.8. The quantitative estimate of drug-likeness (QED) is 0.835. The molecule has 0 unspecified atom stereocenters. The van der Waals surface area contributed by atoms with Crippen LogP contribution in [0.1, 0.15) is 5.01 Å². The van der Waals surface area contributed by atoms with Crippen molar-refractivity contribution >= 4 is 44.5 Å². The first-order chi connectivity index (χ1) is 9.84. The largest absolute Gasteiger partial charge is 0.325 e. The van der Waals surface area contributed by atoms with Gasteiger partial charge in [-0.1, -0.05) is 29.2 Å². The second-order valence-electron chi connectivity index (χ2n) is 4.22. The van der Waals surface area contributed by atoms with Crippen molar-refractivity contribution < 1.29 is 13.2 Å². The van der Waals surface area contributed by atoms with Gasteiger partial charge in [-0.2, -0.15) is 0 Å². The third-order valence-electron chi connectivity index (χ3n) is 2.38. The van der Waals surface area contributed by atoms with Gasteiger partial charge in [-0.3, -0.25) is 4.79 Å². The minimum absolute atomic E-state index is 0.174. The Kier molecular flexibility index (Phi) is 4.96. The van der Waals surface area contributed by atoms with Gasteiger partial charge < -0.3 is 5.32 Å². The molecule has 0 saturated heterocycles. The number of anilines is 1. The van der Waals surface area contributed by atoms with E-state index in [4.69, 9.17) is 0 Å². The lowest BCUT2D eigenvalue weighted by Crippen LogP contribution is -2.14. The Bertz CT molecular complexity index is 756. The van der Waals surface area contributed by atoms with Crippen LogP contribution >= 0.6 is 23.1 Å². The number of nitrogens with one attached hydrogen (secondary N) is 1. The molecule has 1 aromatic heterocycles. The summed E-state index contributed by atoms with van der Waals surface area (Å²) < 4.78 is 23.6. The number of aromatic nitrogens is 2. The van der Waals surface area contributed by atoms with Crippen molar-refractivity contribution in [2.24, 2.45) is 0 Å². The van der Waals surface area contributed by atoms with Gasteiger partial charge in [0.15, 0.2) is 14.2 Å². The maximum Gasteiger partial charge on any atom is 0.234 e. The maximum absolute atomic E-state index is 11.8. The number of benzene rings is 1. The van der Waals surface area contributed by atoms with Gasteiger partial charge in [0.1, 0.15) is 5.01 Å². The molecule has 112 valence electrons. The molecule has 0 aliphatic carbocycles. The van der Waals surface area contributed by atoms with Crippen molar-refractivity contribution in [3.05, 3.63) is 29.3 Å². The summed E-state index contributed by atoms with van der Waals surface area (Å²) in [6.45, 7) is 1.85. The van der Waals surface area contributed by atoms with E-state index in [2.05, 4.69) is 15.5 Å². The molecule has 2 rings (SSSR count). The molecule has 0 aliphatic heterocycles. The summed E-state index contributed by atoms with van der Waals surface area (Å²) >= 11 is 2.72. The van der Waals surface area contributed by atoms with Crippen LogP contribution < -0.4 is 5.32 Å². The van der Waals surface area contributed by atoms with E-state index in [-0.39, 0.29) is 16.6 Å². The Hall–Kier alpha value is -1.45. The van der Waals surface area contributed by atoms with Crippen LogP contribution in [0.15, 0.2) is 33.5 Å². The normalized spacial score (nSPS) is 11.3. The average molecular weight is 343 g/mol. The fourth-order valence-electron chi connectivity index (χ4n) is 1.47. The molecule has 1 amide bonds. The second kappa shape index (κ2) is 6.54. The fourth-order valence-corrected chi connectivity index (χ4v) is 3.75. The topological polar surface area (TPSA) is 89.0 Å². The van der Waals surface area contributed by atoms with Gasteiger partial charge in [-0.05, 0) is 25.1 Å². The molecule has 0 aliphatic rings. The van der Waals surface area contributed by atoms with E-state index >= 15 is 0 Å². The molecule has 0 spiro atoms. The first-order valence-corrected chi connectivity index (χ1v) is 9.57. The van der Waals surface area contributed by atoms with Crippen LogP contribution in [0.2, 0.25) is 0 Å². The van der Waals surface area contributed by atoms with Crippen LogP contribution in [-0.2, 0) is 14.6 Å². The number of carbonyl (C=O) groups excluding carboxylic acids is 1. The summed E-state index contributed by atoms with van der Waals surface area (Å²) in [5, 5.41) is 11.3. The van der Waals surface area contributed by atoms with Crippen LogP contribution in [-0.4, -0.2) is 36.5 Å². The highest BCUT2D eigenvalue weighted by atomic mass is 32.2. The lowest BCUT2D eigenvalue weighted by molar-refractivity contribution is -0.113. The molecule has 0 bridgehead atoms. The van der Waals surface area contributed by atoms with Gasteiger partial charge in [0.2, 0.25) is 5.91 Å². The zero-order valence-electron chi connectivity index (χ0n) is 11.4. The van der Waals surface area contributed by atoms with Crippen LogP contribution in [0.5, 0.6) is 0 Å². The van der Waals surface area contributed by atoms with Crippen molar-refractivity contribution in [3.63, 3.8) is 0 Å². The Balaban J connectivity index is 1.96. The molecule has 0 radical (unpaired) electrons. The number of thioether (sulfide) groups is 1. The highest BCUT2D eigenvalue weighted by molar-refractivity contribution is 8.01. The highest BCUT2D eigenvalue weighted by Gasteiger charge is 2.10. The van der Waals surface area contributed by atoms with Gasteiger partial charge in [-0.25, -0.2) is 8.42 Å². The number of hydrogen-bond donors (Lipinski definition) is 1. The maximum atomic E-state index is 11.8. The third-order valence-corrected chi connectivity index (χ3v) is 5.46. The van der Waals surface area contributed by atoms with Crippen LogP contribution in [0.4, 0.5) is 5.69 Å². The lowest BCUT2D eigenvalue weighted by atomic mass is 10.3. The van der Waals surface area contributed by atoms with E-state index < -0.39 is 9.84 Å². The smallest absolute Gasteiger partial charge is 0.234 e. The molecular formula is C12H13N3O3S3. The van der Waals surface area contributed by atoms with Gasteiger partial charge in [0.05, 0.1) is 10.6 Å². The van der Waals surface area contributed by atoms with Gasteiger partial charge in [0.25, 0.3) is 0 Å². The van der Waals surface area contributed by atoms with Crippen molar-refractivity contribution in [1.82, 2.24) is 10.2 Å². The highest BCUT2D eigenvalue weighted by Crippen LogP contribution is 2.22. The first-order valence-electron chi connectivity index (χ1n) is 5.87. The predicted octanol–water partition coefficient (Wildman–Crippen LogP) is 1.98. The Labute approximate surface area is 130 Å². The number of aryl methyl sites for hydroxylation is 1. The molecule has 0 saturated carbocycles. The van der Waals surface area contributed by atoms with E-state index in [1.54, 1.807) is 12.1 Å². The van der Waals surface area contributed by atoms with E-state index in [1.807, 2.05) is 6.92 Å². The van der Waals surface area contributed by atoms with Crippen molar-refractivity contribution in [3.8, 4) is 0 Å². The second-order valence-corrected chi connectivity index (χ2v) is 8.64. The number of amides is 1. The van der Waals surface area contributed by atoms with Gasteiger partial charge >= 0.3 is 0 Å². The zero-order chi connectivity index (χ0) is 15.5. The molecule has 1 heterocycles. The summed E-state index contributed by atoms with van der Waals surface area (Å²) in [6.07, 6.45) is 1.13. The molecule has 0 atom stereocenters. The van der Waals surface area contributed by atoms with E-state index in [9.17, 15) is 13.2 Å². The standard InChI is InChI=1S/C12H13N3O3S3/c1-8-14-15-12(20-8)19-7-11(16)13-9-4-3-5-10(6-9)21(2,17)18/h3-6H,7H2,1-2H3,(H,13,16). The first kappa shape index (κ1) is 15.9. The Morgan fingerprint density at radius 1 is 1.38 bits per heavy atom. The SMILES string of the molecule is Cc1nnc(SCC(=O)Nc2cccc(S(C)(=O)=O)c2)s1. The lowest BCUT2D eigenvalue weighted by Gasteiger charge is -2.06. The molecule has 1 N–H and O–H groups in total. The van der Waals surface area contributed by atoms with Crippen LogP contribution in [0.25, 0.3) is 0 Å². The summed E-state index contributed by atoms with van der Waals surface area (Å²) in [4.78, 5) is 12.0. The van der Waals surface area contributed by atoms with Crippen molar-refractivity contribution in [2.75, 3.05) is 17.3 Å². The average Bonchev–Trinajstić information content (AvgIpc) is 2.82. The third kappa shape index (κ3) is 4.80. The van der Waals surface area contributed by atoms with E-state index in [0.717, 1.165) is 15.6 Å². The molecule has 9 heteroatoms. The fraction of sp³-hybridized carbons (Fsp3) is 0.250. The molecule has 0 fully saturated rings. The summed E-state index contributed by atoms with van der Waals surface area (Å²) in [7, 11) is -3.29. The monoisotopic (exact) mass is 343 g/mol.